The molecule has 0 bridgehead atoms. The molecule has 0 aromatic carbocycles. The van der Waals surface area contributed by atoms with Crippen LogP contribution < -0.4 is 10.6 Å². The number of guanidine groups is 1. The summed E-state index contributed by atoms with van der Waals surface area (Å²) in [4.78, 5) is 4.65. The number of hydrogen-bond donors (Lipinski definition) is 2. The lowest BCUT2D eigenvalue weighted by atomic mass is 10.2. The van der Waals surface area contributed by atoms with E-state index in [9.17, 15) is 0 Å². The van der Waals surface area contributed by atoms with Crippen molar-refractivity contribution in [2.75, 3.05) is 25.9 Å². The molecule has 2 N–H and O–H groups in total. The molecule has 0 saturated carbocycles. The Morgan fingerprint density at radius 3 is 2.62 bits per heavy atom. The topological polar surface area (TPSA) is 67.1 Å². The summed E-state index contributed by atoms with van der Waals surface area (Å²) in [6.45, 7) is 12.4. The predicted octanol–water partition coefficient (Wildman–Crippen LogP) is 2.94. The highest BCUT2D eigenvalue weighted by Crippen LogP contribution is 2.16. The molecule has 0 amide bonds. The zero-order valence-corrected chi connectivity index (χ0v) is 16.7. The Kier molecular flexibility index (Phi) is 10.5. The monoisotopic (exact) mass is 354 g/mol. The number of thioether (sulfide) groups is 1. The Bertz CT molecular complexity index is 483. The van der Waals surface area contributed by atoms with E-state index in [1.165, 1.54) is 12.8 Å². The number of nitrogens with zero attached hydrogens (tertiary/aromatic N) is 4. The molecular weight excluding hydrogens is 320 g/mol. The maximum Gasteiger partial charge on any atom is 0.191 e. The van der Waals surface area contributed by atoms with Gasteiger partial charge in [-0.05, 0) is 31.9 Å². The minimum atomic E-state index is 0.590. The number of aliphatic imine (C=N–C) groups is 1. The van der Waals surface area contributed by atoms with Crippen molar-refractivity contribution in [2.45, 2.75) is 65.1 Å². The Balaban J connectivity index is 2.53. The number of aryl methyl sites for hydroxylation is 1. The summed E-state index contributed by atoms with van der Waals surface area (Å²) in [6.07, 6.45) is 6.31. The summed E-state index contributed by atoms with van der Waals surface area (Å²) in [5.74, 6) is 2.58. The number of rotatable bonds is 11. The smallest absolute Gasteiger partial charge is 0.191 e. The average Bonchev–Trinajstić information content (AvgIpc) is 2.93. The predicted molar refractivity (Wildman–Crippen MR) is 104 cm³/mol. The van der Waals surface area contributed by atoms with Gasteiger partial charge in [-0.3, -0.25) is 4.99 Å². The summed E-state index contributed by atoms with van der Waals surface area (Å²) in [6, 6.07) is 0. The maximum atomic E-state index is 4.65. The van der Waals surface area contributed by atoms with Crippen LogP contribution in [0.2, 0.25) is 0 Å². The fourth-order valence-corrected chi connectivity index (χ4v) is 2.88. The molecular formula is C17H34N6S. The molecule has 0 atom stereocenters. The molecule has 1 rings (SSSR count). The maximum absolute atomic E-state index is 4.65. The van der Waals surface area contributed by atoms with E-state index in [2.05, 4.69) is 64.3 Å². The van der Waals surface area contributed by atoms with Crippen LogP contribution in [0.25, 0.3) is 0 Å². The molecule has 6 nitrogen and oxygen atoms in total. The molecule has 24 heavy (non-hydrogen) atoms. The molecule has 0 aliphatic heterocycles. The van der Waals surface area contributed by atoms with Crippen molar-refractivity contribution in [1.82, 2.24) is 25.4 Å². The largest absolute Gasteiger partial charge is 0.357 e. The van der Waals surface area contributed by atoms with Crippen molar-refractivity contribution >= 4 is 17.7 Å². The van der Waals surface area contributed by atoms with E-state index in [1.807, 2.05) is 0 Å². The molecule has 1 aromatic heterocycles. The molecule has 0 unspecified atom stereocenters. The fraction of sp³-hybridized carbons (Fsp3) is 0.824. The van der Waals surface area contributed by atoms with E-state index in [0.717, 1.165) is 56.0 Å². The summed E-state index contributed by atoms with van der Waals surface area (Å²) in [7, 11) is 0. The number of aromatic nitrogens is 3. The average molecular weight is 355 g/mol. The fourth-order valence-electron chi connectivity index (χ4n) is 2.36. The van der Waals surface area contributed by atoms with Gasteiger partial charge in [0.05, 0.1) is 0 Å². The van der Waals surface area contributed by atoms with Crippen LogP contribution in [-0.2, 0) is 13.0 Å². The SMILES string of the molecule is CCCCNC(=NCCCc1nnc(SC)n1CC(C)C)NCC. The van der Waals surface area contributed by atoms with E-state index >= 15 is 0 Å². The van der Waals surface area contributed by atoms with Gasteiger partial charge in [0, 0.05) is 32.6 Å². The van der Waals surface area contributed by atoms with Crippen molar-refractivity contribution < 1.29 is 0 Å². The lowest BCUT2D eigenvalue weighted by Gasteiger charge is -2.12. The lowest BCUT2D eigenvalue weighted by Crippen LogP contribution is -2.37. The Hall–Kier alpha value is -1.24. The van der Waals surface area contributed by atoms with Crippen LogP contribution in [0.3, 0.4) is 0 Å². The van der Waals surface area contributed by atoms with E-state index in [0.29, 0.717) is 5.92 Å². The van der Waals surface area contributed by atoms with E-state index in [4.69, 9.17) is 0 Å². The Labute approximate surface area is 151 Å². The van der Waals surface area contributed by atoms with Gasteiger partial charge in [-0.1, -0.05) is 39.0 Å². The molecule has 0 aliphatic rings. The minimum absolute atomic E-state index is 0.590. The van der Waals surface area contributed by atoms with Crippen LogP contribution >= 0.6 is 11.8 Å². The molecule has 0 saturated heterocycles. The Morgan fingerprint density at radius 2 is 2.00 bits per heavy atom. The number of hydrogen-bond acceptors (Lipinski definition) is 4. The van der Waals surface area contributed by atoms with Gasteiger partial charge >= 0.3 is 0 Å². The Morgan fingerprint density at radius 1 is 1.21 bits per heavy atom. The van der Waals surface area contributed by atoms with E-state index in [1.54, 1.807) is 11.8 Å². The third-order valence-electron chi connectivity index (χ3n) is 3.52. The first-order valence-electron chi connectivity index (χ1n) is 9.10. The van der Waals surface area contributed by atoms with Crippen LogP contribution in [0.5, 0.6) is 0 Å². The molecule has 0 aliphatic carbocycles. The second kappa shape index (κ2) is 12.2. The van der Waals surface area contributed by atoms with Gasteiger partial charge in [0.25, 0.3) is 0 Å². The molecule has 0 spiro atoms. The van der Waals surface area contributed by atoms with Crippen LogP contribution in [0.4, 0.5) is 0 Å². The van der Waals surface area contributed by atoms with Crippen molar-refractivity contribution in [3.8, 4) is 0 Å². The van der Waals surface area contributed by atoms with Gasteiger partial charge in [0.15, 0.2) is 11.1 Å². The third-order valence-corrected chi connectivity index (χ3v) is 4.19. The van der Waals surface area contributed by atoms with E-state index < -0.39 is 0 Å². The van der Waals surface area contributed by atoms with Crippen LogP contribution in [0, 0.1) is 5.92 Å². The zero-order valence-electron chi connectivity index (χ0n) is 15.9. The van der Waals surface area contributed by atoms with Crippen LogP contribution in [0.15, 0.2) is 10.1 Å². The van der Waals surface area contributed by atoms with Gasteiger partial charge in [0.1, 0.15) is 5.82 Å². The van der Waals surface area contributed by atoms with Gasteiger partial charge in [0.2, 0.25) is 0 Å². The first kappa shape index (κ1) is 20.8. The van der Waals surface area contributed by atoms with Crippen molar-refractivity contribution in [2.24, 2.45) is 10.9 Å². The van der Waals surface area contributed by atoms with E-state index in [-0.39, 0.29) is 0 Å². The summed E-state index contributed by atoms with van der Waals surface area (Å²) >= 11 is 1.66. The first-order valence-corrected chi connectivity index (χ1v) is 10.3. The molecule has 1 heterocycles. The normalized spacial score (nSPS) is 12.0. The zero-order chi connectivity index (χ0) is 17.8. The summed E-state index contributed by atoms with van der Waals surface area (Å²) < 4.78 is 2.25. The van der Waals surface area contributed by atoms with Gasteiger partial charge in [-0.25, -0.2) is 0 Å². The number of unbranched alkanes of at least 4 members (excludes halogenated alkanes) is 1. The highest BCUT2D eigenvalue weighted by atomic mass is 32.2. The summed E-state index contributed by atoms with van der Waals surface area (Å²) in [5, 5.41) is 16.3. The minimum Gasteiger partial charge on any atom is -0.357 e. The van der Waals surface area contributed by atoms with Gasteiger partial charge in [-0.2, -0.15) is 0 Å². The van der Waals surface area contributed by atoms with Crippen molar-refractivity contribution in [1.29, 1.82) is 0 Å². The van der Waals surface area contributed by atoms with Crippen molar-refractivity contribution in [3.63, 3.8) is 0 Å². The van der Waals surface area contributed by atoms with Crippen molar-refractivity contribution in [3.05, 3.63) is 5.82 Å². The molecule has 138 valence electrons. The first-order chi connectivity index (χ1) is 11.6. The third kappa shape index (κ3) is 7.55. The highest BCUT2D eigenvalue weighted by Gasteiger charge is 2.12. The quantitative estimate of drug-likeness (QED) is 0.277. The second-order valence-electron chi connectivity index (χ2n) is 6.25. The molecule has 7 heteroatoms. The van der Waals surface area contributed by atoms with Gasteiger partial charge < -0.3 is 15.2 Å². The second-order valence-corrected chi connectivity index (χ2v) is 7.03. The van der Waals surface area contributed by atoms with Crippen LogP contribution in [0.1, 0.15) is 52.8 Å². The standard InChI is InChI=1S/C17H34N6S/c1-6-8-11-19-16(18-7-2)20-12-9-10-15-21-22-17(24-5)23(15)13-14(3)4/h14H,6-13H2,1-5H3,(H2,18,19,20). The highest BCUT2D eigenvalue weighted by molar-refractivity contribution is 7.98. The number of nitrogens with one attached hydrogen (secondary N) is 2. The lowest BCUT2D eigenvalue weighted by molar-refractivity contribution is 0.477. The molecule has 0 radical (unpaired) electrons. The van der Waals surface area contributed by atoms with Gasteiger partial charge in [-0.15, -0.1) is 10.2 Å². The van der Waals surface area contributed by atoms with Crippen LogP contribution in [-0.4, -0.2) is 46.6 Å². The summed E-state index contributed by atoms with van der Waals surface area (Å²) in [5.41, 5.74) is 0. The molecule has 0 fully saturated rings. The molecule has 1 aromatic rings.